The molecular weight excluding hydrogens is 300 g/mol. The van der Waals surface area contributed by atoms with Crippen molar-refractivity contribution in [2.45, 2.75) is 32.4 Å². The van der Waals surface area contributed by atoms with E-state index in [0.29, 0.717) is 0 Å². The Morgan fingerprint density at radius 1 is 1.21 bits per heavy atom. The molecule has 0 spiro atoms. The molecule has 0 atom stereocenters. The zero-order valence-electron chi connectivity index (χ0n) is 13.9. The number of nitrogens with zero attached hydrogens (tertiary/aromatic N) is 2. The molecule has 1 aliphatic rings. The number of piperidine rings is 1. The SMILES string of the molecule is Cc1coc2cccc(OC3CCN(Cc4cccnc4)CC3)c12. The van der Waals surface area contributed by atoms with Crippen LogP contribution in [0.2, 0.25) is 0 Å². The van der Waals surface area contributed by atoms with Gasteiger partial charge in [0.15, 0.2) is 0 Å². The van der Waals surface area contributed by atoms with Gasteiger partial charge in [-0.2, -0.15) is 0 Å². The van der Waals surface area contributed by atoms with Gasteiger partial charge in [-0.05, 0) is 49.1 Å². The standard InChI is InChI=1S/C20H22N2O2/c1-15-14-23-18-5-2-6-19(20(15)18)24-17-7-10-22(11-8-17)13-16-4-3-9-21-12-16/h2-6,9,12,14,17H,7-8,10-11,13H2,1H3. The number of aromatic nitrogens is 1. The van der Waals surface area contributed by atoms with Crippen LogP contribution in [0.1, 0.15) is 24.0 Å². The summed E-state index contributed by atoms with van der Waals surface area (Å²) in [7, 11) is 0. The van der Waals surface area contributed by atoms with E-state index < -0.39 is 0 Å². The maximum absolute atomic E-state index is 6.31. The largest absolute Gasteiger partial charge is 0.490 e. The summed E-state index contributed by atoms with van der Waals surface area (Å²) in [5.41, 5.74) is 3.31. The van der Waals surface area contributed by atoms with Crippen molar-refractivity contribution in [2.24, 2.45) is 0 Å². The predicted molar refractivity (Wildman–Crippen MR) is 94.1 cm³/mol. The number of aryl methyl sites for hydroxylation is 1. The van der Waals surface area contributed by atoms with E-state index in [4.69, 9.17) is 9.15 Å². The van der Waals surface area contributed by atoms with Gasteiger partial charge >= 0.3 is 0 Å². The smallest absolute Gasteiger partial charge is 0.137 e. The Hall–Kier alpha value is -2.33. The Morgan fingerprint density at radius 3 is 2.88 bits per heavy atom. The summed E-state index contributed by atoms with van der Waals surface area (Å²) in [6.45, 7) is 5.14. The summed E-state index contributed by atoms with van der Waals surface area (Å²) in [5.74, 6) is 0.949. The Balaban J connectivity index is 1.38. The van der Waals surface area contributed by atoms with Crippen LogP contribution in [0.5, 0.6) is 5.75 Å². The number of hydrogen-bond acceptors (Lipinski definition) is 4. The maximum Gasteiger partial charge on any atom is 0.137 e. The van der Waals surface area contributed by atoms with E-state index in [1.54, 1.807) is 6.26 Å². The molecular formula is C20H22N2O2. The molecule has 24 heavy (non-hydrogen) atoms. The minimum atomic E-state index is 0.273. The van der Waals surface area contributed by atoms with E-state index >= 15 is 0 Å². The van der Waals surface area contributed by atoms with E-state index in [-0.39, 0.29) is 6.10 Å². The van der Waals surface area contributed by atoms with E-state index in [2.05, 4.69) is 22.9 Å². The van der Waals surface area contributed by atoms with Crippen LogP contribution in [-0.4, -0.2) is 29.1 Å². The molecule has 0 radical (unpaired) electrons. The molecule has 1 aliphatic heterocycles. The zero-order chi connectivity index (χ0) is 16.4. The molecule has 0 bridgehead atoms. The van der Waals surface area contributed by atoms with Crippen LogP contribution in [0.15, 0.2) is 53.4 Å². The second kappa shape index (κ2) is 6.65. The van der Waals surface area contributed by atoms with Crippen LogP contribution in [0.25, 0.3) is 11.0 Å². The first kappa shape index (κ1) is 15.2. The molecule has 2 aromatic heterocycles. The van der Waals surface area contributed by atoms with Crippen molar-refractivity contribution in [1.82, 2.24) is 9.88 Å². The van der Waals surface area contributed by atoms with E-state index in [0.717, 1.165) is 54.8 Å². The molecule has 0 saturated carbocycles. The van der Waals surface area contributed by atoms with Crippen molar-refractivity contribution in [3.8, 4) is 5.75 Å². The van der Waals surface area contributed by atoms with Crippen LogP contribution in [-0.2, 0) is 6.54 Å². The average molecular weight is 322 g/mol. The van der Waals surface area contributed by atoms with Gasteiger partial charge in [-0.15, -0.1) is 0 Å². The lowest BCUT2D eigenvalue weighted by molar-refractivity contribution is 0.0979. The van der Waals surface area contributed by atoms with Crippen LogP contribution in [0.3, 0.4) is 0 Å². The molecule has 4 nitrogen and oxygen atoms in total. The molecule has 0 aliphatic carbocycles. The molecule has 1 aromatic carbocycles. The van der Waals surface area contributed by atoms with Crippen molar-refractivity contribution in [3.05, 3.63) is 60.1 Å². The fourth-order valence-electron chi connectivity index (χ4n) is 3.42. The fourth-order valence-corrected chi connectivity index (χ4v) is 3.42. The van der Waals surface area contributed by atoms with Gasteiger partial charge in [0.2, 0.25) is 0 Å². The Labute approximate surface area is 142 Å². The highest BCUT2D eigenvalue weighted by Crippen LogP contribution is 2.32. The van der Waals surface area contributed by atoms with Gasteiger partial charge in [0.05, 0.1) is 11.6 Å². The number of likely N-dealkylation sites (tertiary alicyclic amines) is 1. The lowest BCUT2D eigenvalue weighted by Gasteiger charge is -2.32. The summed E-state index contributed by atoms with van der Waals surface area (Å²) in [6.07, 6.45) is 7.94. The maximum atomic E-state index is 6.31. The normalized spacial score (nSPS) is 16.5. The minimum absolute atomic E-state index is 0.273. The highest BCUT2D eigenvalue weighted by atomic mass is 16.5. The number of ether oxygens (including phenoxy) is 1. The Bertz CT molecular complexity index is 805. The van der Waals surface area contributed by atoms with Crippen molar-refractivity contribution in [1.29, 1.82) is 0 Å². The van der Waals surface area contributed by atoms with Gasteiger partial charge in [-0.1, -0.05) is 12.1 Å². The quantitative estimate of drug-likeness (QED) is 0.722. The first-order chi connectivity index (χ1) is 11.8. The number of rotatable bonds is 4. The molecule has 1 saturated heterocycles. The van der Waals surface area contributed by atoms with E-state index in [1.807, 2.05) is 36.7 Å². The number of furan rings is 1. The molecule has 4 heteroatoms. The second-order valence-corrected chi connectivity index (χ2v) is 6.50. The zero-order valence-corrected chi connectivity index (χ0v) is 13.9. The highest BCUT2D eigenvalue weighted by Gasteiger charge is 2.22. The van der Waals surface area contributed by atoms with E-state index in [9.17, 15) is 0 Å². The Kier molecular flexibility index (Phi) is 4.22. The molecule has 3 heterocycles. The third kappa shape index (κ3) is 3.15. The third-order valence-corrected chi connectivity index (χ3v) is 4.70. The average Bonchev–Trinajstić information content (AvgIpc) is 3.00. The molecule has 4 rings (SSSR count). The third-order valence-electron chi connectivity index (χ3n) is 4.70. The van der Waals surface area contributed by atoms with E-state index in [1.165, 1.54) is 5.56 Å². The Morgan fingerprint density at radius 2 is 2.08 bits per heavy atom. The lowest BCUT2D eigenvalue weighted by atomic mass is 10.1. The molecule has 0 amide bonds. The lowest BCUT2D eigenvalue weighted by Crippen LogP contribution is -2.37. The van der Waals surface area contributed by atoms with Gasteiger partial charge in [0, 0.05) is 32.0 Å². The molecule has 3 aromatic rings. The number of fused-ring (bicyclic) bond motifs is 1. The fraction of sp³-hybridized carbons (Fsp3) is 0.350. The number of pyridine rings is 1. The van der Waals surface area contributed by atoms with Gasteiger partial charge in [0.25, 0.3) is 0 Å². The number of hydrogen-bond donors (Lipinski definition) is 0. The van der Waals surface area contributed by atoms with Gasteiger partial charge < -0.3 is 9.15 Å². The topological polar surface area (TPSA) is 38.5 Å². The first-order valence-electron chi connectivity index (χ1n) is 8.54. The number of benzene rings is 1. The van der Waals surface area contributed by atoms with Crippen LogP contribution >= 0.6 is 0 Å². The summed E-state index contributed by atoms with van der Waals surface area (Å²) >= 11 is 0. The van der Waals surface area contributed by atoms with Crippen LogP contribution in [0.4, 0.5) is 0 Å². The van der Waals surface area contributed by atoms with Crippen molar-refractivity contribution >= 4 is 11.0 Å². The molecule has 0 N–H and O–H groups in total. The monoisotopic (exact) mass is 322 g/mol. The summed E-state index contributed by atoms with van der Waals surface area (Å²) < 4.78 is 11.9. The van der Waals surface area contributed by atoms with Crippen LogP contribution in [0, 0.1) is 6.92 Å². The van der Waals surface area contributed by atoms with Crippen molar-refractivity contribution in [2.75, 3.05) is 13.1 Å². The van der Waals surface area contributed by atoms with Gasteiger partial charge in [0.1, 0.15) is 17.4 Å². The summed E-state index contributed by atoms with van der Waals surface area (Å²) in [6, 6.07) is 10.2. The van der Waals surface area contributed by atoms with Crippen LogP contribution < -0.4 is 4.74 Å². The molecule has 1 fully saturated rings. The van der Waals surface area contributed by atoms with Crippen molar-refractivity contribution in [3.63, 3.8) is 0 Å². The highest BCUT2D eigenvalue weighted by molar-refractivity contribution is 5.87. The molecule has 0 unspecified atom stereocenters. The minimum Gasteiger partial charge on any atom is -0.490 e. The molecule has 124 valence electrons. The summed E-state index contributed by atoms with van der Waals surface area (Å²) in [4.78, 5) is 6.67. The van der Waals surface area contributed by atoms with Gasteiger partial charge in [-0.3, -0.25) is 9.88 Å². The van der Waals surface area contributed by atoms with Crippen molar-refractivity contribution < 1.29 is 9.15 Å². The summed E-state index contributed by atoms with van der Waals surface area (Å²) in [5, 5.41) is 1.11. The first-order valence-corrected chi connectivity index (χ1v) is 8.54. The predicted octanol–water partition coefficient (Wildman–Crippen LogP) is 4.18. The second-order valence-electron chi connectivity index (χ2n) is 6.50. The van der Waals surface area contributed by atoms with Gasteiger partial charge in [-0.25, -0.2) is 0 Å².